The van der Waals surface area contributed by atoms with Gasteiger partial charge in [-0.3, -0.25) is 0 Å². The third kappa shape index (κ3) is 2.77. The molecule has 0 unspecified atom stereocenters. The van der Waals surface area contributed by atoms with Crippen LogP contribution in [-0.4, -0.2) is 23.2 Å². The molecule has 1 aliphatic heterocycles. The average molecular weight is 350 g/mol. The van der Waals surface area contributed by atoms with Crippen molar-refractivity contribution >= 4 is 15.9 Å². The largest absolute Gasteiger partial charge is 0.338 e. The minimum absolute atomic E-state index is 0.00401. The van der Waals surface area contributed by atoms with Crippen LogP contribution in [0.15, 0.2) is 21.1 Å². The molecule has 2 aromatic rings. The number of rotatable bonds is 2. The molecule has 1 aromatic carbocycles. The standard InChI is InChI=1S/C16H20BrN3O/c1-10-8-12(9-11(2)13(10)17)14-19-15(21-20-14)16(3)4-6-18-7-5-16/h8-9,18H,4-7H2,1-3H3. The predicted molar refractivity (Wildman–Crippen MR) is 86.4 cm³/mol. The highest BCUT2D eigenvalue weighted by atomic mass is 79.9. The van der Waals surface area contributed by atoms with Crippen molar-refractivity contribution in [3.63, 3.8) is 0 Å². The monoisotopic (exact) mass is 349 g/mol. The maximum atomic E-state index is 5.57. The van der Waals surface area contributed by atoms with E-state index in [-0.39, 0.29) is 5.41 Å². The van der Waals surface area contributed by atoms with Gasteiger partial charge in [-0.05, 0) is 63.0 Å². The lowest BCUT2D eigenvalue weighted by Gasteiger charge is -2.30. The summed E-state index contributed by atoms with van der Waals surface area (Å²) in [7, 11) is 0. The summed E-state index contributed by atoms with van der Waals surface area (Å²) in [6.07, 6.45) is 2.07. The van der Waals surface area contributed by atoms with Gasteiger partial charge in [0.2, 0.25) is 11.7 Å². The first kappa shape index (κ1) is 14.7. The molecule has 5 heteroatoms. The van der Waals surface area contributed by atoms with Gasteiger partial charge in [0.25, 0.3) is 0 Å². The van der Waals surface area contributed by atoms with Crippen LogP contribution in [-0.2, 0) is 5.41 Å². The molecular formula is C16H20BrN3O. The van der Waals surface area contributed by atoms with Gasteiger partial charge in [0.15, 0.2) is 0 Å². The number of aromatic nitrogens is 2. The molecule has 3 rings (SSSR count). The van der Waals surface area contributed by atoms with Crippen LogP contribution in [0.3, 0.4) is 0 Å². The zero-order valence-corrected chi connectivity index (χ0v) is 14.2. The fourth-order valence-electron chi connectivity index (χ4n) is 2.85. The lowest BCUT2D eigenvalue weighted by molar-refractivity contribution is 0.241. The third-order valence-electron chi connectivity index (χ3n) is 4.34. The van der Waals surface area contributed by atoms with Crippen molar-refractivity contribution < 1.29 is 4.52 Å². The quantitative estimate of drug-likeness (QED) is 0.896. The maximum absolute atomic E-state index is 5.57. The fourth-order valence-corrected chi connectivity index (χ4v) is 3.08. The van der Waals surface area contributed by atoms with Crippen LogP contribution in [0.1, 0.15) is 36.8 Å². The highest BCUT2D eigenvalue weighted by Gasteiger charge is 2.34. The van der Waals surface area contributed by atoms with E-state index >= 15 is 0 Å². The molecule has 2 heterocycles. The second-order valence-electron chi connectivity index (χ2n) is 6.16. The molecular weight excluding hydrogens is 330 g/mol. The second kappa shape index (κ2) is 5.54. The van der Waals surface area contributed by atoms with E-state index in [0.717, 1.165) is 41.9 Å². The zero-order chi connectivity index (χ0) is 15.0. The second-order valence-corrected chi connectivity index (χ2v) is 6.95. The number of benzene rings is 1. The molecule has 4 nitrogen and oxygen atoms in total. The highest BCUT2D eigenvalue weighted by molar-refractivity contribution is 9.10. The molecule has 0 saturated carbocycles. The number of hydrogen-bond acceptors (Lipinski definition) is 4. The molecule has 0 bridgehead atoms. The summed E-state index contributed by atoms with van der Waals surface area (Å²) in [4.78, 5) is 4.67. The molecule has 1 N–H and O–H groups in total. The van der Waals surface area contributed by atoms with E-state index in [1.54, 1.807) is 0 Å². The fraction of sp³-hybridized carbons (Fsp3) is 0.500. The van der Waals surface area contributed by atoms with Crippen LogP contribution in [0.4, 0.5) is 0 Å². The molecule has 1 saturated heterocycles. The number of piperidine rings is 1. The van der Waals surface area contributed by atoms with Crippen LogP contribution in [0.5, 0.6) is 0 Å². The average Bonchev–Trinajstić information content (AvgIpc) is 2.95. The van der Waals surface area contributed by atoms with Crippen molar-refractivity contribution in [2.45, 2.75) is 39.0 Å². The van der Waals surface area contributed by atoms with Crippen LogP contribution in [0.2, 0.25) is 0 Å². The van der Waals surface area contributed by atoms with Gasteiger partial charge in [-0.25, -0.2) is 0 Å². The molecule has 0 spiro atoms. The Morgan fingerprint density at radius 1 is 1.19 bits per heavy atom. The molecule has 1 aromatic heterocycles. The molecule has 0 aliphatic carbocycles. The Balaban J connectivity index is 1.95. The van der Waals surface area contributed by atoms with E-state index in [0.29, 0.717) is 5.82 Å². The Morgan fingerprint density at radius 3 is 2.43 bits per heavy atom. The van der Waals surface area contributed by atoms with Crippen LogP contribution < -0.4 is 5.32 Å². The third-order valence-corrected chi connectivity index (χ3v) is 5.59. The number of halogens is 1. The molecule has 0 amide bonds. The Bertz CT molecular complexity index is 636. The van der Waals surface area contributed by atoms with E-state index in [2.05, 4.69) is 64.3 Å². The Morgan fingerprint density at radius 2 is 1.81 bits per heavy atom. The lowest BCUT2D eigenvalue weighted by Crippen LogP contribution is -2.37. The highest BCUT2D eigenvalue weighted by Crippen LogP contribution is 2.33. The molecule has 1 fully saturated rings. The number of aryl methyl sites for hydroxylation is 2. The van der Waals surface area contributed by atoms with E-state index < -0.39 is 0 Å². The van der Waals surface area contributed by atoms with Crippen LogP contribution in [0, 0.1) is 13.8 Å². The van der Waals surface area contributed by atoms with E-state index in [4.69, 9.17) is 4.52 Å². The molecule has 1 aliphatic rings. The summed E-state index contributed by atoms with van der Waals surface area (Å²) in [5.41, 5.74) is 3.38. The van der Waals surface area contributed by atoms with Crippen molar-refractivity contribution in [3.8, 4) is 11.4 Å². The zero-order valence-electron chi connectivity index (χ0n) is 12.7. The molecule has 21 heavy (non-hydrogen) atoms. The van der Waals surface area contributed by atoms with Crippen LogP contribution >= 0.6 is 15.9 Å². The van der Waals surface area contributed by atoms with E-state index in [1.165, 1.54) is 11.1 Å². The summed E-state index contributed by atoms with van der Waals surface area (Å²) in [6, 6.07) is 4.19. The van der Waals surface area contributed by atoms with Crippen molar-refractivity contribution in [1.82, 2.24) is 15.5 Å². The molecule has 0 radical (unpaired) electrons. The first-order valence-corrected chi connectivity index (χ1v) is 8.11. The Kier molecular flexibility index (Phi) is 3.88. The van der Waals surface area contributed by atoms with Gasteiger partial charge in [0.05, 0.1) is 0 Å². The summed E-state index contributed by atoms with van der Waals surface area (Å²) in [6.45, 7) is 8.38. The number of hydrogen-bond donors (Lipinski definition) is 1. The predicted octanol–water partition coefficient (Wildman–Crippen LogP) is 3.76. The number of nitrogens with one attached hydrogen (secondary N) is 1. The minimum atomic E-state index is -0.00401. The SMILES string of the molecule is Cc1cc(-c2noc(C3(C)CCNCC3)n2)cc(C)c1Br. The van der Waals surface area contributed by atoms with Crippen LogP contribution in [0.25, 0.3) is 11.4 Å². The van der Waals surface area contributed by atoms with Gasteiger partial charge in [0, 0.05) is 15.5 Å². The summed E-state index contributed by atoms with van der Waals surface area (Å²) >= 11 is 3.59. The van der Waals surface area contributed by atoms with Gasteiger partial charge in [0.1, 0.15) is 0 Å². The van der Waals surface area contributed by atoms with Crippen molar-refractivity contribution in [3.05, 3.63) is 33.6 Å². The first-order valence-electron chi connectivity index (χ1n) is 7.32. The molecule has 0 atom stereocenters. The minimum Gasteiger partial charge on any atom is -0.338 e. The van der Waals surface area contributed by atoms with Crippen molar-refractivity contribution in [1.29, 1.82) is 0 Å². The van der Waals surface area contributed by atoms with E-state index in [9.17, 15) is 0 Å². The summed E-state index contributed by atoms with van der Waals surface area (Å²) < 4.78 is 6.71. The van der Waals surface area contributed by atoms with Gasteiger partial charge < -0.3 is 9.84 Å². The van der Waals surface area contributed by atoms with Gasteiger partial charge >= 0.3 is 0 Å². The Labute approximate surface area is 133 Å². The van der Waals surface area contributed by atoms with Gasteiger partial charge in [-0.15, -0.1) is 0 Å². The lowest BCUT2D eigenvalue weighted by atomic mass is 9.81. The molecule has 112 valence electrons. The van der Waals surface area contributed by atoms with Gasteiger partial charge in [-0.1, -0.05) is 28.0 Å². The Hall–Kier alpha value is -1.20. The van der Waals surface area contributed by atoms with Gasteiger partial charge in [-0.2, -0.15) is 4.98 Å². The smallest absolute Gasteiger partial charge is 0.232 e. The summed E-state index contributed by atoms with van der Waals surface area (Å²) in [5.74, 6) is 1.45. The maximum Gasteiger partial charge on any atom is 0.232 e. The van der Waals surface area contributed by atoms with Crippen molar-refractivity contribution in [2.24, 2.45) is 0 Å². The van der Waals surface area contributed by atoms with Crippen molar-refractivity contribution in [2.75, 3.05) is 13.1 Å². The summed E-state index contributed by atoms with van der Waals surface area (Å²) in [5, 5.41) is 7.57. The van der Waals surface area contributed by atoms with E-state index in [1.807, 2.05) is 0 Å². The first-order chi connectivity index (χ1) is 9.99. The topological polar surface area (TPSA) is 51.0 Å². The number of nitrogens with zero attached hydrogens (tertiary/aromatic N) is 2. The normalized spacial score (nSPS) is 17.9.